The molecule has 0 bridgehead atoms. The van der Waals surface area contributed by atoms with Gasteiger partial charge in [0, 0.05) is 5.92 Å². The molecule has 31 heavy (non-hydrogen) atoms. The minimum absolute atomic E-state index is 0.0836. The summed E-state index contributed by atoms with van der Waals surface area (Å²) in [4.78, 5) is 25.6. The molecule has 1 aromatic rings. The number of ether oxygens (including phenoxy) is 1. The Morgan fingerprint density at radius 3 is 2.48 bits per heavy atom. The second-order valence-electron chi connectivity index (χ2n) is 8.09. The van der Waals surface area contributed by atoms with Crippen molar-refractivity contribution in [3.05, 3.63) is 65.3 Å². The number of esters is 1. The Morgan fingerprint density at radius 2 is 1.87 bits per heavy atom. The van der Waals surface area contributed by atoms with E-state index >= 15 is 0 Å². The van der Waals surface area contributed by atoms with Gasteiger partial charge in [0.2, 0.25) is 0 Å². The number of allylic oxidation sites excluding steroid dienone is 4. The number of benzene rings is 1. The molecule has 0 N–H and O–H groups in total. The highest BCUT2D eigenvalue weighted by Crippen LogP contribution is 2.38. The molecule has 3 nitrogen and oxygen atoms in total. The van der Waals surface area contributed by atoms with Crippen molar-refractivity contribution < 1.29 is 27.5 Å². The van der Waals surface area contributed by atoms with Gasteiger partial charge in [-0.3, -0.25) is 4.79 Å². The predicted octanol–water partition coefficient (Wildman–Crippen LogP) is 6.16. The number of hydrogen-bond acceptors (Lipinski definition) is 3. The van der Waals surface area contributed by atoms with E-state index in [1.807, 2.05) is 6.08 Å². The summed E-state index contributed by atoms with van der Waals surface area (Å²) in [5.41, 5.74) is -0.851. The van der Waals surface area contributed by atoms with Crippen LogP contribution >= 0.6 is 0 Å². The highest BCUT2D eigenvalue weighted by Gasteiger charge is 2.34. The van der Waals surface area contributed by atoms with Gasteiger partial charge in [-0.05, 0) is 74.6 Å². The second kappa shape index (κ2) is 10.1. The third-order valence-electron chi connectivity index (χ3n) is 6.05. The van der Waals surface area contributed by atoms with Crippen molar-refractivity contribution in [2.24, 2.45) is 17.8 Å². The van der Waals surface area contributed by atoms with Crippen LogP contribution in [-0.4, -0.2) is 18.4 Å². The molecule has 6 heteroatoms. The van der Waals surface area contributed by atoms with Gasteiger partial charge >= 0.3 is 12.1 Å². The van der Waals surface area contributed by atoms with Crippen LogP contribution in [0.25, 0.3) is 6.08 Å². The van der Waals surface area contributed by atoms with E-state index in [0.717, 1.165) is 31.4 Å². The molecule has 0 amide bonds. The Bertz CT molecular complexity index is 888. The summed E-state index contributed by atoms with van der Waals surface area (Å²) in [5.74, 6) is -0.462. The van der Waals surface area contributed by atoms with Crippen LogP contribution < -0.4 is 0 Å². The van der Waals surface area contributed by atoms with Crippen LogP contribution in [0.2, 0.25) is 0 Å². The first-order chi connectivity index (χ1) is 14.8. The van der Waals surface area contributed by atoms with Crippen molar-refractivity contribution in [2.75, 3.05) is 6.61 Å². The largest absolute Gasteiger partial charge is 0.462 e. The highest BCUT2D eigenvalue weighted by molar-refractivity contribution is 6.21. The first-order valence-corrected chi connectivity index (χ1v) is 10.7. The van der Waals surface area contributed by atoms with Crippen LogP contribution in [0.4, 0.5) is 13.2 Å². The van der Waals surface area contributed by atoms with E-state index in [0.29, 0.717) is 24.7 Å². The molecule has 166 valence electrons. The summed E-state index contributed by atoms with van der Waals surface area (Å²) >= 11 is 0. The number of hydrogen-bond donors (Lipinski definition) is 0. The first-order valence-electron chi connectivity index (χ1n) is 10.7. The number of halogens is 3. The van der Waals surface area contributed by atoms with Crippen molar-refractivity contribution in [3.63, 3.8) is 0 Å². The Labute approximate surface area is 180 Å². The van der Waals surface area contributed by atoms with Crippen molar-refractivity contribution in [1.82, 2.24) is 0 Å². The van der Waals surface area contributed by atoms with E-state index in [4.69, 9.17) is 4.74 Å². The fourth-order valence-corrected chi connectivity index (χ4v) is 4.39. The lowest BCUT2D eigenvalue weighted by atomic mass is 9.72. The Kier molecular flexibility index (Phi) is 7.52. The molecule has 2 aliphatic rings. The van der Waals surface area contributed by atoms with E-state index in [2.05, 4.69) is 18.2 Å². The lowest BCUT2D eigenvalue weighted by Gasteiger charge is -2.32. The molecule has 3 rings (SSSR count). The lowest BCUT2D eigenvalue weighted by molar-refractivity contribution is -0.140. The Balaban J connectivity index is 1.77. The van der Waals surface area contributed by atoms with Gasteiger partial charge in [0.05, 0.1) is 12.2 Å². The fourth-order valence-electron chi connectivity index (χ4n) is 4.39. The molecule has 1 aromatic carbocycles. The molecule has 1 saturated carbocycles. The smallest absolute Gasteiger partial charge is 0.416 e. The van der Waals surface area contributed by atoms with E-state index < -0.39 is 17.7 Å². The summed E-state index contributed by atoms with van der Waals surface area (Å²) in [5, 5.41) is 0. The minimum Gasteiger partial charge on any atom is -0.462 e. The monoisotopic (exact) mass is 432 g/mol. The molecular formula is C25H27F3O3. The molecule has 0 spiro atoms. The number of Topliss-reactive ketones (excluding diaryl/α,β-unsaturated/α-hetero) is 1. The van der Waals surface area contributed by atoms with Gasteiger partial charge in [0.25, 0.3) is 0 Å². The Morgan fingerprint density at radius 1 is 1.13 bits per heavy atom. The quantitative estimate of drug-likeness (QED) is 0.234. The van der Waals surface area contributed by atoms with Gasteiger partial charge in [0.1, 0.15) is 5.57 Å². The molecule has 1 fully saturated rings. The molecule has 0 radical (unpaired) electrons. The second-order valence-corrected chi connectivity index (χ2v) is 8.09. The van der Waals surface area contributed by atoms with Gasteiger partial charge in [-0.1, -0.05) is 36.4 Å². The van der Waals surface area contributed by atoms with E-state index in [9.17, 15) is 22.8 Å². The normalized spacial score (nSPS) is 24.1. The maximum absolute atomic E-state index is 13.2. The van der Waals surface area contributed by atoms with Crippen molar-refractivity contribution in [1.29, 1.82) is 0 Å². The SMILES string of the molecule is CCOC(=O)/C(=C\c1cccc(C(F)(F)F)c1)C(=O)[C@H]1CC[C@H](C2C=CC=CC2)CC1. The van der Waals surface area contributed by atoms with Crippen molar-refractivity contribution in [3.8, 4) is 0 Å². The molecular weight excluding hydrogens is 405 g/mol. The molecule has 0 aliphatic heterocycles. The molecule has 1 unspecified atom stereocenters. The topological polar surface area (TPSA) is 43.4 Å². The number of rotatable bonds is 6. The minimum atomic E-state index is -4.50. The van der Waals surface area contributed by atoms with Crippen LogP contribution in [0.3, 0.4) is 0 Å². The van der Waals surface area contributed by atoms with Crippen LogP contribution in [-0.2, 0) is 20.5 Å². The molecule has 2 aliphatic carbocycles. The zero-order valence-electron chi connectivity index (χ0n) is 17.5. The fraction of sp³-hybridized carbons (Fsp3) is 0.440. The zero-order valence-corrected chi connectivity index (χ0v) is 17.5. The molecule has 0 saturated heterocycles. The number of carbonyl (C=O) groups excluding carboxylic acids is 2. The summed E-state index contributed by atoms with van der Waals surface area (Å²) in [7, 11) is 0. The Hall–Kier alpha value is -2.63. The van der Waals surface area contributed by atoms with Gasteiger partial charge in [-0.25, -0.2) is 4.79 Å². The van der Waals surface area contributed by atoms with Gasteiger partial charge in [0.15, 0.2) is 5.78 Å². The third-order valence-corrected chi connectivity index (χ3v) is 6.05. The maximum atomic E-state index is 13.2. The predicted molar refractivity (Wildman–Crippen MR) is 113 cm³/mol. The zero-order chi connectivity index (χ0) is 22.4. The van der Waals surface area contributed by atoms with Crippen LogP contribution in [0.5, 0.6) is 0 Å². The lowest BCUT2D eigenvalue weighted by Crippen LogP contribution is -2.29. The highest BCUT2D eigenvalue weighted by atomic mass is 19.4. The third kappa shape index (κ3) is 5.96. The van der Waals surface area contributed by atoms with Gasteiger partial charge < -0.3 is 4.74 Å². The molecule has 0 heterocycles. The first kappa shape index (κ1) is 23.0. The van der Waals surface area contributed by atoms with Crippen molar-refractivity contribution >= 4 is 17.8 Å². The summed E-state index contributed by atoms with van der Waals surface area (Å²) in [6, 6.07) is 4.60. The summed E-state index contributed by atoms with van der Waals surface area (Å²) in [6.45, 7) is 1.71. The van der Waals surface area contributed by atoms with E-state index in [1.165, 1.54) is 18.2 Å². The van der Waals surface area contributed by atoms with Crippen LogP contribution in [0, 0.1) is 17.8 Å². The van der Waals surface area contributed by atoms with E-state index in [1.54, 1.807) is 6.92 Å². The average molecular weight is 432 g/mol. The van der Waals surface area contributed by atoms with E-state index in [-0.39, 0.29) is 29.4 Å². The number of alkyl halides is 3. The number of carbonyl (C=O) groups is 2. The standard InChI is InChI=1S/C25H27F3O3/c1-2-31-24(30)22(16-17-7-6-10-21(15-17)25(26,27)28)23(29)20-13-11-19(12-14-20)18-8-4-3-5-9-18/h3-8,10,15-16,18-20H,2,9,11-14H2,1H3/b22-16-/t18?,19-,20-. The summed E-state index contributed by atoms with van der Waals surface area (Å²) in [6.07, 6.45) is 9.30. The van der Waals surface area contributed by atoms with Gasteiger partial charge in [-0.2, -0.15) is 13.2 Å². The number of ketones is 1. The average Bonchev–Trinajstić information content (AvgIpc) is 2.77. The van der Waals surface area contributed by atoms with Crippen LogP contribution in [0.15, 0.2) is 54.1 Å². The molecule has 1 atom stereocenters. The van der Waals surface area contributed by atoms with Crippen LogP contribution in [0.1, 0.15) is 50.2 Å². The van der Waals surface area contributed by atoms with Crippen molar-refractivity contribution in [2.45, 2.75) is 45.2 Å². The maximum Gasteiger partial charge on any atom is 0.416 e. The molecule has 0 aromatic heterocycles. The van der Waals surface area contributed by atoms with Gasteiger partial charge in [-0.15, -0.1) is 0 Å². The summed E-state index contributed by atoms with van der Waals surface area (Å²) < 4.78 is 44.1.